The second-order valence-corrected chi connectivity index (χ2v) is 5.22. The van der Waals surface area contributed by atoms with Gasteiger partial charge in [-0.3, -0.25) is 4.79 Å². The first-order valence-electron chi connectivity index (χ1n) is 5.93. The van der Waals surface area contributed by atoms with E-state index < -0.39 is 5.97 Å². The van der Waals surface area contributed by atoms with Gasteiger partial charge in [0.15, 0.2) is 5.82 Å². The first-order valence-corrected chi connectivity index (χ1v) is 6.91. The molecule has 0 unspecified atom stereocenters. The average molecular weight is 292 g/mol. The van der Waals surface area contributed by atoms with Crippen LogP contribution in [-0.2, 0) is 4.79 Å². The van der Waals surface area contributed by atoms with Crippen LogP contribution in [0.1, 0.15) is 11.3 Å². The quantitative estimate of drug-likeness (QED) is 0.693. The number of rotatable bonds is 4. The van der Waals surface area contributed by atoms with Crippen molar-refractivity contribution in [2.24, 2.45) is 0 Å². The highest BCUT2D eigenvalue weighted by molar-refractivity contribution is 7.99. The zero-order valence-corrected chi connectivity index (χ0v) is 11.9. The normalized spacial score (nSPS) is 10.6. The maximum Gasteiger partial charge on any atom is 0.313 e. The molecule has 20 heavy (non-hydrogen) atoms. The van der Waals surface area contributed by atoms with Crippen LogP contribution < -0.4 is 0 Å². The number of thioether (sulfide) groups is 1. The van der Waals surface area contributed by atoms with E-state index in [9.17, 15) is 9.18 Å². The number of halogens is 1. The van der Waals surface area contributed by atoms with Crippen LogP contribution in [0.2, 0.25) is 0 Å². The lowest BCUT2D eigenvalue weighted by molar-refractivity contribution is -0.133. The van der Waals surface area contributed by atoms with Gasteiger partial charge >= 0.3 is 5.97 Å². The number of carboxylic acids is 1. The lowest BCUT2D eigenvalue weighted by atomic mass is 10.2. The second-order valence-electron chi connectivity index (χ2n) is 4.25. The number of hydrogen-bond acceptors (Lipinski definition) is 4. The summed E-state index contributed by atoms with van der Waals surface area (Å²) in [6, 6.07) is 5.89. The Hall–Kier alpha value is -1.95. The summed E-state index contributed by atoms with van der Waals surface area (Å²) in [4.78, 5) is 19.4. The van der Waals surface area contributed by atoms with Crippen molar-refractivity contribution >= 4 is 17.7 Å². The predicted molar refractivity (Wildman–Crippen MR) is 75.3 cm³/mol. The molecule has 2 rings (SSSR count). The number of carbonyl (C=O) groups is 1. The molecule has 6 heteroatoms. The molecule has 0 saturated heterocycles. The fourth-order valence-electron chi connectivity index (χ4n) is 1.60. The summed E-state index contributed by atoms with van der Waals surface area (Å²) in [5, 5.41) is 9.38. The van der Waals surface area contributed by atoms with Gasteiger partial charge in [-0.05, 0) is 38.1 Å². The Kier molecular flexibility index (Phi) is 4.34. The van der Waals surface area contributed by atoms with E-state index in [2.05, 4.69) is 9.97 Å². The van der Waals surface area contributed by atoms with Gasteiger partial charge in [0.1, 0.15) is 10.8 Å². The van der Waals surface area contributed by atoms with E-state index in [1.807, 2.05) is 13.8 Å². The molecular formula is C14H13FN2O2S. The molecule has 1 aromatic heterocycles. The monoisotopic (exact) mass is 292 g/mol. The minimum Gasteiger partial charge on any atom is -0.481 e. The van der Waals surface area contributed by atoms with Crippen LogP contribution in [0.3, 0.4) is 0 Å². The summed E-state index contributed by atoms with van der Waals surface area (Å²) in [6.45, 7) is 3.70. The van der Waals surface area contributed by atoms with Crippen LogP contribution >= 0.6 is 11.8 Å². The Balaban J connectivity index is 2.39. The molecule has 1 aromatic carbocycles. The number of aliphatic carboxylic acids is 1. The molecule has 0 saturated carbocycles. The molecule has 0 radical (unpaired) electrons. The van der Waals surface area contributed by atoms with E-state index in [0.717, 1.165) is 23.0 Å². The Labute approximate surface area is 120 Å². The molecule has 1 heterocycles. The molecule has 0 aliphatic rings. The smallest absolute Gasteiger partial charge is 0.313 e. The average Bonchev–Trinajstić information content (AvgIpc) is 2.41. The Bertz CT molecular complexity index is 644. The van der Waals surface area contributed by atoms with Crippen LogP contribution in [-0.4, -0.2) is 26.8 Å². The van der Waals surface area contributed by atoms with Crippen molar-refractivity contribution in [3.05, 3.63) is 41.3 Å². The van der Waals surface area contributed by atoms with Gasteiger partial charge in [-0.1, -0.05) is 11.8 Å². The van der Waals surface area contributed by atoms with Gasteiger partial charge in [-0.15, -0.1) is 0 Å². The van der Waals surface area contributed by atoms with Gasteiger partial charge in [-0.2, -0.15) is 0 Å². The summed E-state index contributed by atoms with van der Waals surface area (Å²) >= 11 is 1.16. The fourth-order valence-corrected chi connectivity index (χ4v) is 2.38. The number of hydrogen-bond donors (Lipinski definition) is 1. The first-order chi connectivity index (χ1) is 9.47. The molecule has 0 aliphatic heterocycles. The fraction of sp³-hybridized carbons (Fsp3) is 0.214. The zero-order valence-electron chi connectivity index (χ0n) is 11.1. The largest absolute Gasteiger partial charge is 0.481 e. The van der Waals surface area contributed by atoms with E-state index in [1.54, 1.807) is 12.1 Å². The van der Waals surface area contributed by atoms with Gasteiger partial charge in [0, 0.05) is 16.8 Å². The molecule has 0 bridgehead atoms. The van der Waals surface area contributed by atoms with Gasteiger partial charge in [0.2, 0.25) is 0 Å². The minimum absolute atomic E-state index is 0.0554. The van der Waals surface area contributed by atoms with E-state index in [-0.39, 0.29) is 11.6 Å². The number of aromatic nitrogens is 2. The summed E-state index contributed by atoms with van der Waals surface area (Å²) in [6.07, 6.45) is 0. The van der Waals surface area contributed by atoms with Gasteiger partial charge < -0.3 is 5.11 Å². The third-order valence-corrected chi connectivity index (χ3v) is 3.84. The molecule has 0 spiro atoms. The van der Waals surface area contributed by atoms with Gasteiger partial charge in [-0.25, -0.2) is 14.4 Å². The lowest BCUT2D eigenvalue weighted by Crippen LogP contribution is -2.02. The van der Waals surface area contributed by atoms with Crippen molar-refractivity contribution in [3.63, 3.8) is 0 Å². The first kappa shape index (κ1) is 14.5. The summed E-state index contributed by atoms with van der Waals surface area (Å²) in [5.41, 5.74) is 2.35. The SMILES string of the molecule is Cc1nc(-c2ccc(F)cc2)nc(SCC(=O)O)c1C. The van der Waals surface area contributed by atoms with Crippen LogP contribution in [0.15, 0.2) is 29.3 Å². The van der Waals surface area contributed by atoms with Crippen molar-refractivity contribution in [3.8, 4) is 11.4 Å². The number of nitrogens with zero attached hydrogens (tertiary/aromatic N) is 2. The van der Waals surface area contributed by atoms with Crippen molar-refractivity contribution in [1.29, 1.82) is 0 Å². The highest BCUT2D eigenvalue weighted by Crippen LogP contribution is 2.25. The summed E-state index contributed by atoms with van der Waals surface area (Å²) in [5.74, 6) is -0.798. The van der Waals surface area contributed by atoms with Crippen LogP contribution in [0.5, 0.6) is 0 Å². The van der Waals surface area contributed by atoms with Gasteiger partial charge in [0.25, 0.3) is 0 Å². The highest BCUT2D eigenvalue weighted by atomic mass is 32.2. The van der Waals surface area contributed by atoms with E-state index >= 15 is 0 Å². The number of carboxylic acid groups (broad SMARTS) is 1. The molecule has 0 atom stereocenters. The minimum atomic E-state index is -0.894. The summed E-state index contributed by atoms with van der Waals surface area (Å²) < 4.78 is 12.9. The third-order valence-electron chi connectivity index (χ3n) is 2.78. The molecule has 104 valence electrons. The zero-order chi connectivity index (χ0) is 14.7. The third kappa shape index (κ3) is 3.33. The molecule has 0 fully saturated rings. The molecule has 4 nitrogen and oxygen atoms in total. The van der Waals surface area contributed by atoms with Crippen molar-refractivity contribution in [2.45, 2.75) is 18.9 Å². The summed E-state index contributed by atoms with van der Waals surface area (Å²) in [7, 11) is 0. The van der Waals surface area contributed by atoms with Crippen molar-refractivity contribution in [1.82, 2.24) is 9.97 Å². The second kappa shape index (κ2) is 6.00. The highest BCUT2D eigenvalue weighted by Gasteiger charge is 2.11. The van der Waals surface area contributed by atoms with Gasteiger partial charge in [0.05, 0.1) is 5.75 Å². The van der Waals surface area contributed by atoms with Crippen molar-refractivity contribution < 1.29 is 14.3 Å². The predicted octanol–water partition coefficient (Wildman–Crippen LogP) is 3.08. The van der Waals surface area contributed by atoms with Crippen LogP contribution in [0, 0.1) is 19.7 Å². The van der Waals surface area contributed by atoms with E-state index in [4.69, 9.17) is 5.11 Å². The standard InChI is InChI=1S/C14H13FN2O2S/c1-8-9(2)16-13(10-3-5-11(15)6-4-10)17-14(8)20-7-12(18)19/h3-6H,7H2,1-2H3,(H,18,19). The van der Waals surface area contributed by atoms with Crippen molar-refractivity contribution in [2.75, 3.05) is 5.75 Å². The Morgan fingerprint density at radius 1 is 1.25 bits per heavy atom. The lowest BCUT2D eigenvalue weighted by Gasteiger charge is -2.09. The molecule has 0 amide bonds. The van der Waals surface area contributed by atoms with E-state index in [0.29, 0.717) is 16.4 Å². The molecule has 1 N–H and O–H groups in total. The van der Waals surface area contributed by atoms with Crippen LogP contribution in [0.25, 0.3) is 11.4 Å². The molecular weight excluding hydrogens is 279 g/mol. The topological polar surface area (TPSA) is 63.1 Å². The molecule has 0 aliphatic carbocycles. The maximum absolute atomic E-state index is 12.9. The number of aryl methyl sites for hydroxylation is 1. The Morgan fingerprint density at radius 2 is 1.90 bits per heavy atom. The Morgan fingerprint density at radius 3 is 2.50 bits per heavy atom. The van der Waals surface area contributed by atoms with Crippen LogP contribution in [0.4, 0.5) is 4.39 Å². The maximum atomic E-state index is 12.9. The van der Waals surface area contributed by atoms with E-state index in [1.165, 1.54) is 12.1 Å². The molecule has 2 aromatic rings. The number of benzene rings is 1.